The van der Waals surface area contributed by atoms with Crippen LogP contribution in [0.15, 0.2) is 45.1 Å². The summed E-state index contributed by atoms with van der Waals surface area (Å²) < 4.78 is 5.79. The maximum absolute atomic E-state index is 12.6. The van der Waals surface area contributed by atoms with Crippen LogP contribution in [0.1, 0.15) is 46.5 Å². The molecular weight excluding hydrogens is 372 g/mol. The lowest BCUT2D eigenvalue weighted by atomic mass is 9.74. The molecule has 0 spiro atoms. The number of hydrogen-bond acceptors (Lipinski definition) is 7. The van der Waals surface area contributed by atoms with Gasteiger partial charge in [0.25, 0.3) is 0 Å². The number of Topliss-reactive ketones (excluding diaryl/α,β-unsaturated/α-hetero) is 1. The number of nitrogens with one attached hydrogen (secondary N) is 2. The topological polar surface area (TPSA) is 79.5 Å². The molecule has 2 aromatic heterocycles. The zero-order chi connectivity index (χ0) is 19.9. The Bertz CT molecular complexity index is 1030. The first-order valence-electron chi connectivity index (χ1n) is 9.44. The summed E-state index contributed by atoms with van der Waals surface area (Å²) in [5.41, 5.74) is 2.23. The van der Waals surface area contributed by atoms with E-state index in [4.69, 9.17) is 9.41 Å². The largest absolute Gasteiger partial charge is 0.423 e. The molecule has 7 heteroatoms. The molecule has 1 aliphatic rings. The van der Waals surface area contributed by atoms with Crippen molar-refractivity contribution in [3.05, 3.63) is 46.2 Å². The van der Waals surface area contributed by atoms with Crippen LogP contribution in [-0.2, 0) is 4.79 Å². The van der Waals surface area contributed by atoms with E-state index < -0.39 is 5.54 Å². The summed E-state index contributed by atoms with van der Waals surface area (Å²) in [5, 5.41) is 8.68. The number of carbonyl (C=O) groups excluding carboxylic acids is 1. The van der Waals surface area contributed by atoms with Gasteiger partial charge in [-0.1, -0.05) is 19.1 Å². The van der Waals surface area contributed by atoms with E-state index in [0.29, 0.717) is 17.6 Å². The number of hydrogen-bond donors (Lipinski definition) is 2. The predicted octanol–water partition coefficient (Wildman–Crippen LogP) is 5.18. The van der Waals surface area contributed by atoms with Gasteiger partial charge in [0.05, 0.1) is 5.92 Å². The average Bonchev–Trinajstić information content (AvgIpc) is 3.26. The number of anilines is 1. The molecule has 4 rings (SSSR count). The molecule has 1 aromatic carbocycles. The Labute approximate surface area is 171 Å². The van der Waals surface area contributed by atoms with Gasteiger partial charge in [-0.15, -0.1) is 11.3 Å². The first kappa shape index (κ1) is 18.7. The van der Waals surface area contributed by atoms with Crippen LogP contribution in [0.4, 0.5) is 6.01 Å². The number of aliphatic imine (C=N–C) groups is 1. The summed E-state index contributed by atoms with van der Waals surface area (Å²) in [6.07, 6.45) is 0.784. The second-order valence-corrected chi connectivity index (χ2v) is 8.43. The van der Waals surface area contributed by atoms with E-state index in [2.05, 4.69) is 47.8 Å². The summed E-state index contributed by atoms with van der Waals surface area (Å²) in [6.45, 7) is 7.89. The van der Waals surface area contributed by atoms with Crippen molar-refractivity contribution >= 4 is 40.2 Å². The summed E-state index contributed by atoms with van der Waals surface area (Å²) in [5.74, 6) is 0.467. The summed E-state index contributed by atoms with van der Waals surface area (Å²) in [4.78, 5) is 23.1. The summed E-state index contributed by atoms with van der Waals surface area (Å²) in [6, 6.07) is 9.83. The van der Waals surface area contributed by atoms with Gasteiger partial charge in [-0.25, -0.2) is 4.99 Å². The molecule has 0 saturated heterocycles. The summed E-state index contributed by atoms with van der Waals surface area (Å²) in [7, 11) is 0. The molecule has 0 amide bonds. The van der Waals surface area contributed by atoms with Gasteiger partial charge in [0.2, 0.25) is 5.96 Å². The molecule has 0 fully saturated rings. The van der Waals surface area contributed by atoms with Gasteiger partial charge in [-0.2, -0.15) is 4.98 Å². The van der Waals surface area contributed by atoms with Crippen molar-refractivity contribution in [2.24, 2.45) is 10.9 Å². The van der Waals surface area contributed by atoms with E-state index in [1.807, 2.05) is 24.3 Å². The van der Waals surface area contributed by atoms with E-state index in [0.717, 1.165) is 22.4 Å². The fourth-order valence-corrected chi connectivity index (χ4v) is 4.91. The third-order valence-electron chi connectivity index (χ3n) is 5.54. The second kappa shape index (κ2) is 7.05. The number of guanidine groups is 1. The standard InChI is InChI=1S/C21H24N4O2S.2H2/c1-5-21(4)16(13(3)26)17(18-12(2)10-11-28-18)23-19(25-21)24-20-22-14-8-6-7-9-15(14)27-20;;/h6-11,16-17H,5H2,1-4H3,(H2,22,23,24,25);2*1H. The molecule has 0 saturated carbocycles. The maximum atomic E-state index is 12.6. The number of nitrogens with zero attached hydrogens (tertiary/aromatic N) is 2. The monoisotopic (exact) mass is 400 g/mol. The van der Waals surface area contributed by atoms with Crippen molar-refractivity contribution in [3.63, 3.8) is 0 Å². The first-order valence-corrected chi connectivity index (χ1v) is 10.3. The number of carbonyl (C=O) groups is 1. The number of benzene rings is 1. The van der Waals surface area contributed by atoms with Crippen LogP contribution in [0.5, 0.6) is 0 Å². The molecule has 6 nitrogen and oxygen atoms in total. The van der Waals surface area contributed by atoms with Gasteiger partial charge in [0.15, 0.2) is 5.58 Å². The molecule has 0 bridgehead atoms. The first-order chi connectivity index (χ1) is 13.4. The van der Waals surface area contributed by atoms with Crippen molar-refractivity contribution in [1.82, 2.24) is 10.3 Å². The van der Waals surface area contributed by atoms with Crippen molar-refractivity contribution in [1.29, 1.82) is 0 Å². The molecule has 0 aliphatic carbocycles. The van der Waals surface area contributed by atoms with Crippen molar-refractivity contribution in [3.8, 4) is 0 Å². The van der Waals surface area contributed by atoms with Crippen LogP contribution in [0, 0.1) is 12.8 Å². The minimum Gasteiger partial charge on any atom is -0.423 e. The van der Waals surface area contributed by atoms with Crippen LogP contribution < -0.4 is 10.6 Å². The van der Waals surface area contributed by atoms with Gasteiger partial charge in [0, 0.05) is 13.3 Å². The Morgan fingerprint density at radius 1 is 1.39 bits per heavy atom. The zero-order valence-electron chi connectivity index (χ0n) is 16.4. The van der Waals surface area contributed by atoms with Crippen LogP contribution in [0.25, 0.3) is 11.1 Å². The van der Waals surface area contributed by atoms with E-state index in [1.165, 1.54) is 0 Å². The molecular formula is C21H28N4O2S. The van der Waals surface area contributed by atoms with Gasteiger partial charge in [0.1, 0.15) is 17.3 Å². The van der Waals surface area contributed by atoms with Gasteiger partial charge >= 0.3 is 6.01 Å². The Balaban J connectivity index is 0.00000160. The highest BCUT2D eigenvalue weighted by atomic mass is 32.1. The Morgan fingerprint density at radius 3 is 2.82 bits per heavy atom. The lowest BCUT2D eigenvalue weighted by Gasteiger charge is -2.44. The van der Waals surface area contributed by atoms with Crippen molar-refractivity contribution in [2.75, 3.05) is 5.32 Å². The van der Waals surface area contributed by atoms with E-state index >= 15 is 0 Å². The number of aryl methyl sites for hydroxylation is 1. The highest BCUT2D eigenvalue weighted by molar-refractivity contribution is 7.10. The minimum absolute atomic E-state index is 0. The number of ketones is 1. The van der Waals surface area contributed by atoms with Gasteiger partial charge < -0.3 is 9.73 Å². The molecule has 3 atom stereocenters. The van der Waals surface area contributed by atoms with Crippen LogP contribution >= 0.6 is 11.3 Å². The molecule has 1 aliphatic heterocycles. The summed E-state index contributed by atoms with van der Waals surface area (Å²) >= 11 is 1.65. The quantitative estimate of drug-likeness (QED) is 0.631. The molecule has 3 heterocycles. The number of rotatable bonds is 4. The maximum Gasteiger partial charge on any atom is 0.302 e. The predicted molar refractivity (Wildman–Crippen MR) is 117 cm³/mol. The molecule has 28 heavy (non-hydrogen) atoms. The zero-order valence-corrected chi connectivity index (χ0v) is 17.3. The number of thiophene rings is 1. The highest BCUT2D eigenvalue weighted by Gasteiger charge is 2.46. The van der Waals surface area contributed by atoms with Crippen molar-refractivity contribution in [2.45, 2.75) is 45.7 Å². The molecule has 3 unspecified atom stereocenters. The van der Waals surface area contributed by atoms with Crippen LogP contribution in [0.3, 0.4) is 0 Å². The third-order valence-corrected chi connectivity index (χ3v) is 6.63. The molecule has 0 radical (unpaired) electrons. The Hall–Kier alpha value is -2.67. The van der Waals surface area contributed by atoms with Crippen molar-refractivity contribution < 1.29 is 12.1 Å². The normalized spacial score (nSPS) is 24.6. The number of aromatic nitrogens is 1. The minimum atomic E-state index is -0.428. The van der Waals surface area contributed by atoms with E-state index in [-0.39, 0.29) is 20.6 Å². The van der Waals surface area contributed by atoms with Gasteiger partial charge in [-0.3, -0.25) is 10.1 Å². The average molecular weight is 401 g/mol. The van der Waals surface area contributed by atoms with Gasteiger partial charge in [-0.05, 0) is 56.3 Å². The Morgan fingerprint density at radius 2 is 2.18 bits per heavy atom. The van der Waals surface area contributed by atoms with Crippen LogP contribution in [0.2, 0.25) is 0 Å². The third kappa shape index (κ3) is 3.20. The number of fused-ring (bicyclic) bond motifs is 1. The second-order valence-electron chi connectivity index (χ2n) is 7.49. The Kier molecular flexibility index (Phi) is 4.71. The SMILES string of the molecule is CCC1(C)NC(Nc2nc3ccccc3o2)=NC(c2sccc2C)C1C(C)=O.[HH].[HH]. The number of oxazole rings is 1. The highest BCUT2D eigenvalue weighted by Crippen LogP contribution is 2.42. The fraction of sp³-hybridized carbons (Fsp3) is 0.381. The fourth-order valence-electron chi connectivity index (χ4n) is 3.91. The molecule has 150 valence electrons. The lowest BCUT2D eigenvalue weighted by Crippen LogP contribution is -2.59. The van der Waals surface area contributed by atoms with E-state index in [9.17, 15) is 4.79 Å². The molecule has 3 aromatic rings. The van der Waals surface area contributed by atoms with E-state index in [1.54, 1.807) is 18.3 Å². The number of para-hydroxylation sites is 2. The molecule has 2 N–H and O–H groups in total. The smallest absolute Gasteiger partial charge is 0.302 e. The lowest BCUT2D eigenvalue weighted by molar-refractivity contribution is -0.124. The van der Waals surface area contributed by atoms with Crippen LogP contribution in [-0.4, -0.2) is 22.3 Å².